The van der Waals surface area contributed by atoms with Crippen LogP contribution in [0, 0.1) is 10.1 Å². The predicted molar refractivity (Wildman–Crippen MR) is 98.5 cm³/mol. The summed E-state index contributed by atoms with van der Waals surface area (Å²) in [5.41, 5.74) is 1.17. The Morgan fingerprint density at radius 3 is 1.93 bits per heavy atom. The average Bonchev–Trinajstić information content (AvgIpc) is 2.69. The summed E-state index contributed by atoms with van der Waals surface area (Å²) in [5, 5.41) is 30.7. The predicted octanol–water partition coefficient (Wildman–Crippen LogP) is 2.09. The van der Waals surface area contributed by atoms with Gasteiger partial charge in [-0.15, -0.1) is 0 Å². The Bertz CT molecular complexity index is 787. The number of aromatic carboxylic acids is 2. The van der Waals surface area contributed by atoms with Gasteiger partial charge in [-0.25, -0.2) is 9.59 Å². The van der Waals surface area contributed by atoms with Crippen molar-refractivity contribution in [3.8, 4) is 0 Å². The lowest BCUT2D eigenvalue weighted by Crippen LogP contribution is -2.43. The average molecular weight is 373 g/mol. The number of nitro groups is 1. The lowest BCUT2D eigenvalue weighted by atomic mass is 10.1. The minimum absolute atomic E-state index is 0.0186. The van der Waals surface area contributed by atoms with Crippen molar-refractivity contribution >= 4 is 23.3 Å². The summed E-state index contributed by atoms with van der Waals surface area (Å²) >= 11 is 0. The van der Waals surface area contributed by atoms with Crippen LogP contribution in [0.3, 0.4) is 0 Å². The number of non-ortho nitro benzene ring substituents is 1. The molecule has 0 amide bonds. The van der Waals surface area contributed by atoms with E-state index in [0.717, 1.165) is 37.9 Å². The Morgan fingerprint density at radius 1 is 0.963 bits per heavy atom. The summed E-state index contributed by atoms with van der Waals surface area (Å²) in [4.78, 5) is 33.1. The van der Waals surface area contributed by atoms with E-state index in [0.29, 0.717) is 0 Å². The zero-order valence-electron chi connectivity index (χ0n) is 14.4. The number of piperazine rings is 1. The van der Waals surface area contributed by atoms with E-state index in [9.17, 15) is 19.7 Å². The second-order valence-corrected chi connectivity index (χ2v) is 5.70. The van der Waals surface area contributed by atoms with E-state index in [2.05, 4.69) is 10.2 Å². The van der Waals surface area contributed by atoms with Gasteiger partial charge in [0.05, 0.1) is 16.1 Å². The lowest BCUT2D eigenvalue weighted by molar-refractivity contribution is -0.384. The van der Waals surface area contributed by atoms with Crippen LogP contribution < -0.4 is 10.2 Å². The maximum Gasteiger partial charge on any atom is 0.335 e. The molecule has 1 heterocycles. The zero-order chi connectivity index (χ0) is 19.8. The van der Waals surface area contributed by atoms with Crippen LogP contribution in [0.4, 0.5) is 11.4 Å². The number of rotatable bonds is 4. The fourth-order valence-electron chi connectivity index (χ4n) is 2.49. The molecule has 2 aromatic carbocycles. The molecule has 1 saturated heterocycles. The van der Waals surface area contributed by atoms with E-state index >= 15 is 0 Å². The summed E-state index contributed by atoms with van der Waals surface area (Å²) < 4.78 is 0. The van der Waals surface area contributed by atoms with Crippen molar-refractivity contribution in [2.75, 3.05) is 31.1 Å². The van der Waals surface area contributed by atoms with Crippen LogP contribution in [-0.4, -0.2) is 53.3 Å². The minimum Gasteiger partial charge on any atom is -0.478 e. The van der Waals surface area contributed by atoms with Crippen LogP contribution in [0.25, 0.3) is 0 Å². The Balaban J connectivity index is 0.000000199. The molecule has 3 N–H and O–H groups in total. The van der Waals surface area contributed by atoms with Crippen molar-refractivity contribution in [2.24, 2.45) is 0 Å². The molecular formula is C18H19N3O6. The van der Waals surface area contributed by atoms with E-state index < -0.39 is 11.9 Å². The smallest absolute Gasteiger partial charge is 0.335 e. The van der Waals surface area contributed by atoms with Crippen molar-refractivity contribution in [3.05, 3.63) is 69.8 Å². The number of carboxylic acids is 2. The van der Waals surface area contributed by atoms with Crippen molar-refractivity contribution in [2.45, 2.75) is 0 Å². The fraction of sp³-hybridized carbons (Fsp3) is 0.222. The van der Waals surface area contributed by atoms with Crippen molar-refractivity contribution < 1.29 is 24.7 Å². The molecule has 0 spiro atoms. The van der Waals surface area contributed by atoms with E-state index in [1.807, 2.05) is 12.1 Å². The molecule has 0 aliphatic carbocycles. The molecule has 0 bridgehead atoms. The fourth-order valence-corrected chi connectivity index (χ4v) is 2.49. The minimum atomic E-state index is -1.13. The van der Waals surface area contributed by atoms with Crippen LogP contribution in [0.5, 0.6) is 0 Å². The van der Waals surface area contributed by atoms with Gasteiger partial charge in [-0.05, 0) is 30.3 Å². The first-order valence-electron chi connectivity index (χ1n) is 8.15. The van der Waals surface area contributed by atoms with Crippen LogP contribution in [0.1, 0.15) is 20.7 Å². The molecule has 0 aromatic heterocycles. The van der Waals surface area contributed by atoms with Crippen molar-refractivity contribution in [1.82, 2.24) is 5.32 Å². The molecule has 27 heavy (non-hydrogen) atoms. The number of hydrogen-bond donors (Lipinski definition) is 3. The van der Waals surface area contributed by atoms with Crippen LogP contribution in [0.2, 0.25) is 0 Å². The van der Waals surface area contributed by atoms with Gasteiger partial charge in [0, 0.05) is 44.0 Å². The third kappa shape index (κ3) is 5.79. The summed E-state index contributed by atoms with van der Waals surface area (Å²) in [6.45, 7) is 3.85. The Morgan fingerprint density at radius 2 is 1.48 bits per heavy atom. The maximum absolute atomic E-state index is 10.5. The zero-order valence-corrected chi connectivity index (χ0v) is 14.4. The highest BCUT2D eigenvalue weighted by Gasteiger charge is 2.11. The number of nitrogens with one attached hydrogen (secondary N) is 1. The van der Waals surface area contributed by atoms with Crippen LogP contribution in [0.15, 0.2) is 48.5 Å². The summed E-state index contributed by atoms with van der Waals surface area (Å²) in [6, 6.07) is 11.9. The number of hydrogen-bond acceptors (Lipinski definition) is 6. The van der Waals surface area contributed by atoms with E-state index in [1.165, 1.54) is 18.2 Å². The van der Waals surface area contributed by atoms with Crippen molar-refractivity contribution in [1.29, 1.82) is 0 Å². The second-order valence-electron chi connectivity index (χ2n) is 5.70. The molecule has 1 fully saturated rings. The van der Waals surface area contributed by atoms with Gasteiger partial charge in [0.1, 0.15) is 0 Å². The highest BCUT2D eigenvalue weighted by atomic mass is 16.6. The van der Waals surface area contributed by atoms with Crippen LogP contribution in [-0.2, 0) is 0 Å². The number of anilines is 1. The molecule has 0 atom stereocenters. The monoisotopic (exact) mass is 373 g/mol. The van der Waals surface area contributed by atoms with E-state index in [1.54, 1.807) is 12.1 Å². The first kappa shape index (κ1) is 19.9. The van der Waals surface area contributed by atoms with Gasteiger partial charge in [0.15, 0.2) is 0 Å². The summed E-state index contributed by atoms with van der Waals surface area (Å²) in [7, 11) is 0. The molecule has 142 valence electrons. The second kappa shape index (κ2) is 9.30. The van der Waals surface area contributed by atoms with E-state index in [4.69, 9.17) is 10.2 Å². The number of carbonyl (C=O) groups is 2. The SMILES string of the molecule is O=C(O)c1cccc(C(=O)O)c1.O=[N+]([O-])c1ccc(N2CCNCC2)cc1. The van der Waals surface area contributed by atoms with E-state index in [-0.39, 0.29) is 21.7 Å². The number of nitrogens with zero attached hydrogens (tertiary/aromatic N) is 2. The Hall–Kier alpha value is -3.46. The van der Waals surface area contributed by atoms with Crippen molar-refractivity contribution in [3.63, 3.8) is 0 Å². The molecule has 2 aromatic rings. The first-order valence-corrected chi connectivity index (χ1v) is 8.15. The van der Waals surface area contributed by atoms with Gasteiger partial charge in [-0.1, -0.05) is 6.07 Å². The van der Waals surface area contributed by atoms with Gasteiger partial charge < -0.3 is 20.4 Å². The molecule has 0 radical (unpaired) electrons. The molecule has 0 saturated carbocycles. The molecule has 3 rings (SSSR count). The van der Waals surface area contributed by atoms with Gasteiger partial charge >= 0.3 is 11.9 Å². The number of carboxylic acid groups (broad SMARTS) is 2. The Kier molecular flexibility index (Phi) is 6.84. The molecule has 9 heteroatoms. The summed E-state index contributed by atoms with van der Waals surface area (Å²) in [6.07, 6.45) is 0. The standard InChI is InChI=1S/C10H13N3O2.C8H6O4/c14-13(15)10-3-1-9(2-4-10)12-7-5-11-6-8-12;9-7(10)5-2-1-3-6(4-5)8(11)12/h1-4,11H,5-8H2;1-4H,(H,9,10)(H,11,12). The lowest BCUT2D eigenvalue weighted by Gasteiger charge is -2.29. The topological polar surface area (TPSA) is 133 Å². The largest absolute Gasteiger partial charge is 0.478 e. The Labute approximate surface area is 155 Å². The molecule has 1 aliphatic heterocycles. The van der Waals surface area contributed by atoms with Gasteiger partial charge in [0.25, 0.3) is 5.69 Å². The van der Waals surface area contributed by atoms with Gasteiger partial charge in [-0.2, -0.15) is 0 Å². The molecule has 0 unspecified atom stereocenters. The molecular weight excluding hydrogens is 354 g/mol. The highest BCUT2D eigenvalue weighted by Crippen LogP contribution is 2.19. The first-order chi connectivity index (χ1) is 12.9. The summed E-state index contributed by atoms with van der Waals surface area (Å²) in [5.74, 6) is -2.25. The van der Waals surface area contributed by atoms with Gasteiger partial charge in [-0.3, -0.25) is 10.1 Å². The number of benzene rings is 2. The normalized spacial score (nSPS) is 13.3. The van der Waals surface area contributed by atoms with Crippen LogP contribution >= 0.6 is 0 Å². The maximum atomic E-state index is 10.5. The number of nitro benzene ring substituents is 1. The highest BCUT2D eigenvalue weighted by molar-refractivity contribution is 5.93. The third-order valence-corrected chi connectivity index (χ3v) is 3.90. The third-order valence-electron chi connectivity index (χ3n) is 3.90. The van der Waals surface area contributed by atoms with Gasteiger partial charge in [0.2, 0.25) is 0 Å². The quantitative estimate of drug-likeness (QED) is 0.548. The molecule has 1 aliphatic rings. The molecule has 9 nitrogen and oxygen atoms in total.